The number of carbonyl (C=O) groups excluding carboxylic acids is 4. The van der Waals surface area contributed by atoms with Crippen LogP contribution >= 0.6 is 15.9 Å². The first-order valence-corrected chi connectivity index (χ1v) is 8.46. The molecule has 0 bridgehead atoms. The normalized spacial score (nSPS) is 29.6. The Hall–Kier alpha value is -1.68. The molecule has 25 heavy (non-hydrogen) atoms. The molecule has 10 heteroatoms. The molecule has 0 aromatic rings. The Bertz CT molecular complexity index is 521. The lowest BCUT2D eigenvalue weighted by Gasteiger charge is -2.37. The predicted molar refractivity (Wildman–Crippen MR) is 85.5 cm³/mol. The van der Waals surface area contributed by atoms with Gasteiger partial charge < -0.3 is 23.7 Å². The van der Waals surface area contributed by atoms with Crippen molar-refractivity contribution in [3.05, 3.63) is 0 Å². The van der Waals surface area contributed by atoms with Gasteiger partial charge >= 0.3 is 23.9 Å². The Labute approximate surface area is 153 Å². The molecular formula is C15H21BrO9. The minimum atomic E-state index is -1.15. The lowest BCUT2D eigenvalue weighted by Crippen LogP contribution is -2.53. The number of alkyl halides is 1. The van der Waals surface area contributed by atoms with Crippen LogP contribution < -0.4 is 0 Å². The van der Waals surface area contributed by atoms with E-state index >= 15 is 0 Å². The van der Waals surface area contributed by atoms with Crippen LogP contribution in [-0.4, -0.2) is 59.9 Å². The van der Waals surface area contributed by atoms with E-state index in [1.165, 1.54) is 27.7 Å². The van der Waals surface area contributed by atoms with Crippen LogP contribution in [0.3, 0.4) is 0 Å². The highest BCUT2D eigenvalue weighted by Crippen LogP contribution is 2.28. The predicted octanol–water partition coefficient (Wildman–Crippen LogP) is 0.854. The minimum Gasteiger partial charge on any atom is -0.460 e. The van der Waals surface area contributed by atoms with E-state index in [9.17, 15) is 19.2 Å². The lowest BCUT2D eigenvalue weighted by atomic mass is 10.00. The van der Waals surface area contributed by atoms with Gasteiger partial charge in [-0.2, -0.15) is 0 Å². The van der Waals surface area contributed by atoms with Gasteiger partial charge in [-0.1, -0.05) is 15.9 Å². The quantitative estimate of drug-likeness (QED) is 0.367. The van der Waals surface area contributed by atoms with Gasteiger partial charge in [0.2, 0.25) is 0 Å². The Balaban J connectivity index is 3.18. The molecule has 1 saturated heterocycles. The monoisotopic (exact) mass is 424 g/mol. The Morgan fingerprint density at radius 2 is 1.28 bits per heavy atom. The van der Waals surface area contributed by atoms with E-state index in [1.54, 1.807) is 0 Å². The summed E-state index contributed by atoms with van der Waals surface area (Å²) in [6.45, 7) is 4.75. The zero-order valence-corrected chi connectivity index (χ0v) is 15.9. The maximum Gasteiger partial charge on any atom is 0.303 e. The summed E-state index contributed by atoms with van der Waals surface area (Å²) >= 11 is 3.21. The van der Waals surface area contributed by atoms with E-state index in [1.807, 2.05) is 0 Å². The van der Waals surface area contributed by atoms with Gasteiger partial charge in [0.15, 0.2) is 17.2 Å². The smallest absolute Gasteiger partial charge is 0.303 e. The maximum atomic E-state index is 11.5. The number of halogens is 1. The van der Waals surface area contributed by atoms with E-state index in [0.29, 0.717) is 0 Å². The average molecular weight is 425 g/mol. The van der Waals surface area contributed by atoms with Crippen molar-refractivity contribution in [3.8, 4) is 0 Å². The molecule has 5 atom stereocenters. The Kier molecular flexibility index (Phi) is 8.30. The van der Waals surface area contributed by atoms with Gasteiger partial charge in [0.1, 0.15) is 12.2 Å². The number of ether oxygens (including phenoxy) is 5. The first kappa shape index (κ1) is 21.4. The van der Waals surface area contributed by atoms with Crippen LogP contribution in [0.15, 0.2) is 0 Å². The third-order valence-corrected chi connectivity index (χ3v) is 3.92. The first-order valence-electron chi connectivity index (χ1n) is 7.54. The fourth-order valence-corrected chi connectivity index (χ4v) is 2.97. The molecule has 0 amide bonds. The lowest BCUT2D eigenvalue weighted by molar-refractivity contribution is -0.202. The van der Waals surface area contributed by atoms with Gasteiger partial charge in [-0.05, 0) is 0 Å². The summed E-state index contributed by atoms with van der Waals surface area (Å²) in [5.74, 6) is -2.46. The number of rotatable bonds is 4. The zero-order chi connectivity index (χ0) is 19.1. The molecule has 9 nitrogen and oxygen atoms in total. The number of hydrogen-bond acceptors (Lipinski definition) is 9. The standard InChI is InChI=1S/C15H21BrO9/c1-7(17)22-11-5-12(23-8(2)18)13(24-9(3)19)14(25-10(4)20)15(16)21-6-11/h11-15H,5-6H2,1-4H3/t11?,12-,13?,14?,15+/m1/s1. The van der Waals surface area contributed by atoms with Crippen LogP contribution in [-0.2, 0) is 42.9 Å². The average Bonchev–Trinajstić information content (AvgIpc) is 2.44. The molecule has 1 aliphatic heterocycles. The fourth-order valence-electron chi connectivity index (χ4n) is 2.41. The van der Waals surface area contributed by atoms with Gasteiger partial charge in [0.25, 0.3) is 0 Å². The molecule has 3 unspecified atom stereocenters. The molecule has 1 rings (SSSR count). The molecule has 0 radical (unpaired) electrons. The third kappa shape index (κ3) is 7.39. The molecule has 1 aliphatic rings. The van der Waals surface area contributed by atoms with Crippen LogP contribution in [0.25, 0.3) is 0 Å². The highest BCUT2D eigenvalue weighted by Gasteiger charge is 2.44. The summed E-state index contributed by atoms with van der Waals surface area (Å²) in [5.41, 5.74) is 0. The van der Waals surface area contributed by atoms with Gasteiger partial charge in [-0.15, -0.1) is 0 Å². The van der Waals surface area contributed by atoms with E-state index in [2.05, 4.69) is 15.9 Å². The zero-order valence-electron chi connectivity index (χ0n) is 14.4. The van der Waals surface area contributed by atoms with Crippen molar-refractivity contribution in [1.29, 1.82) is 0 Å². The summed E-state index contributed by atoms with van der Waals surface area (Å²) in [6.07, 6.45) is -3.94. The summed E-state index contributed by atoms with van der Waals surface area (Å²) in [4.78, 5) is 45.6. The Morgan fingerprint density at radius 3 is 1.76 bits per heavy atom. The van der Waals surface area contributed by atoms with Gasteiger partial charge in [-0.3, -0.25) is 19.2 Å². The summed E-state index contributed by atoms with van der Waals surface area (Å²) in [5, 5.41) is -0.878. The number of hydrogen-bond donors (Lipinski definition) is 0. The second kappa shape index (κ2) is 9.71. The van der Waals surface area contributed by atoms with Crippen LogP contribution in [0, 0.1) is 0 Å². The summed E-state index contributed by atoms with van der Waals surface area (Å²) < 4.78 is 26.3. The molecular weight excluding hydrogens is 404 g/mol. The van der Waals surface area contributed by atoms with Crippen LogP contribution in [0.4, 0.5) is 0 Å². The summed E-state index contributed by atoms with van der Waals surface area (Å²) in [6, 6.07) is 0. The van der Waals surface area contributed by atoms with Crippen LogP contribution in [0.1, 0.15) is 34.1 Å². The van der Waals surface area contributed by atoms with Gasteiger partial charge in [0.05, 0.1) is 6.61 Å². The van der Waals surface area contributed by atoms with Gasteiger partial charge in [0, 0.05) is 34.1 Å². The van der Waals surface area contributed by atoms with Crippen molar-refractivity contribution < 1.29 is 42.9 Å². The Morgan fingerprint density at radius 1 is 0.800 bits per heavy atom. The van der Waals surface area contributed by atoms with Crippen LogP contribution in [0.2, 0.25) is 0 Å². The van der Waals surface area contributed by atoms with Crippen molar-refractivity contribution >= 4 is 39.8 Å². The first-order chi connectivity index (χ1) is 11.6. The number of carbonyl (C=O) groups is 4. The SMILES string of the molecule is CC(=O)OC1CO[C@H](Br)C(OC(C)=O)C(OC(C)=O)[C@H](OC(C)=O)C1. The van der Waals surface area contributed by atoms with E-state index in [4.69, 9.17) is 23.7 Å². The molecule has 0 aromatic heterocycles. The fraction of sp³-hybridized carbons (Fsp3) is 0.733. The molecule has 0 aromatic carbocycles. The second-order valence-electron chi connectivity index (χ2n) is 5.45. The topological polar surface area (TPSA) is 114 Å². The van der Waals surface area contributed by atoms with Crippen molar-refractivity contribution in [2.24, 2.45) is 0 Å². The number of esters is 4. The molecule has 0 aliphatic carbocycles. The van der Waals surface area contributed by atoms with Crippen molar-refractivity contribution in [2.75, 3.05) is 6.61 Å². The minimum absolute atomic E-state index is 0.00852. The highest BCUT2D eigenvalue weighted by molar-refractivity contribution is 9.09. The van der Waals surface area contributed by atoms with Crippen molar-refractivity contribution in [1.82, 2.24) is 0 Å². The molecule has 0 saturated carbocycles. The molecule has 1 fully saturated rings. The van der Waals surface area contributed by atoms with E-state index in [-0.39, 0.29) is 13.0 Å². The molecule has 0 spiro atoms. The molecule has 142 valence electrons. The maximum absolute atomic E-state index is 11.5. The third-order valence-electron chi connectivity index (χ3n) is 3.14. The van der Waals surface area contributed by atoms with E-state index < -0.39 is 53.3 Å². The molecule has 0 N–H and O–H groups in total. The van der Waals surface area contributed by atoms with Crippen LogP contribution in [0.5, 0.6) is 0 Å². The summed E-state index contributed by atoms with van der Waals surface area (Å²) in [7, 11) is 0. The van der Waals surface area contributed by atoms with Crippen molar-refractivity contribution in [3.63, 3.8) is 0 Å². The van der Waals surface area contributed by atoms with Gasteiger partial charge in [-0.25, -0.2) is 0 Å². The molecule has 1 heterocycles. The highest BCUT2D eigenvalue weighted by atomic mass is 79.9. The largest absolute Gasteiger partial charge is 0.460 e. The van der Waals surface area contributed by atoms with Crippen molar-refractivity contribution in [2.45, 2.75) is 63.5 Å². The van der Waals surface area contributed by atoms with E-state index in [0.717, 1.165) is 0 Å². The second-order valence-corrected chi connectivity index (χ2v) is 6.35.